The van der Waals surface area contributed by atoms with E-state index in [1.165, 1.54) is 6.07 Å². The van der Waals surface area contributed by atoms with Crippen LogP contribution in [-0.2, 0) is 17.6 Å². The lowest BCUT2D eigenvalue weighted by molar-refractivity contribution is -0.121. The standard InChI is InChI=1S/C23H24N4O4/c1-15-12-23(29)31-19-14-18(30-2)16(13-17(15)19)8-9-22(28)24-10-5-7-21-26-25-20-6-3-4-11-27(20)21/h3-4,6,11-14H,5,7-10H2,1-2H3,(H,24,28). The van der Waals surface area contributed by atoms with Gasteiger partial charge in [-0.3, -0.25) is 9.20 Å². The monoisotopic (exact) mass is 420 g/mol. The van der Waals surface area contributed by atoms with Crippen molar-refractivity contribution >= 4 is 22.5 Å². The third kappa shape index (κ3) is 4.58. The summed E-state index contributed by atoms with van der Waals surface area (Å²) < 4.78 is 12.7. The van der Waals surface area contributed by atoms with Gasteiger partial charge < -0.3 is 14.5 Å². The number of hydrogen-bond donors (Lipinski definition) is 1. The van der Waals surface area contributed by atoms with Crippen LogP contribution in [0.25, 0.3) is 16.6 Å². The van der Waals surface area contributed by atoms with Crippen LogP contribution in [0.3, 0.4) is 0 Å². The minimum absolute atomic E-state index is 0.0235. The van der Waals surface area contributed by atoms with Crippen LogP contribution in [0.15, 0.2) is 51.8 Å². The van der Waals surface area contributed by atoms with Gasteiger partial charge in [0, 0.05) is 43.1 Å². The molecule has 0 radical (unpaired) electrons. The van der Waals surface area contributed by atoms with Gasteiger partial charge in [-0.25, -0.2) is 4.79 Å². The number of rotatable bonds is 8. The number of aromatic nitrogens is 3. The maximum absolute atomic E-state index is 12.3. The molecule has 0 bridgehead atoms. The van der Waals surface area contributed by atoms with Gasteiger partial charge in [-0.1, -0.05) is 6.07 Å². The first-order valence-corrected chi connectivity index (χ1v) is 10.2. The number of ether oxygens (including phenoxy) is 1. The Hall–Kier alpha value is -3.68. The molecule has 0 aliphatic rings. The lowest BCUT2D eigenvalue weighted by Crippen LogP contribution is -2.25. The number of fused-ring (bicyclic) bond motifs is 2. The number of carbonyl (C=O) groups is 1. The molecule has 0 aliphatic heterocycles. The van der Waals surface area contributed by atoms with Crippen molar-refractivity contribution in [1.82, 2.24) is 19.9 Å². The molecule has 8 heteroatoms. The summed E-state index contributed by atoms with van der Waals surface area (Å²) in [5.41, 5.74) is 2.65. The first-order valence-electron chi connectivity index (χ1n) is 10.2. The zero-order chi connectivity index (χ0) is 21.8. The van der Waals surface area contributed by atoms with Crippen molar-refractivity contribution in [3.63, 3.8) is 0 Å². The molecule has 1 N–H and O–H groups in total. The molecule has 0 fully saturated rings. The molecule has 4 rings (SSSR count). The van der Waals surface area contributed by atoms with E-state index < -0.39 is 5.63 Å². The number of nitrogens with one attached hydrogen (secondary N) is 1. The Morgan fingerprint density at radius 3 is 2.90 bits per heavy atom. The second kappa shape index (κ2) is 8.99. The number of pyridine rings is 1. The molecule has 4 aromatic rings. The van der Waals surface area contributed by atoms with E-state index >= 15 is 0 Å². The lowest BCUT2D eigenvalue weighted by atomic mass is 10.0. The maximum atomic E-state index is 12.3. The number of aryl methyl sites for hydroxylation is 3. The van der Waals surface area contributed by atoms with Crippen LogP contribution in [0.4, 0.5) is 0 Å². The van der Waals surface area contributed by atoms with E-state index in [0.717, 1.165) is 40.8 Å². The van der Waals surface area contributed by atoms with Crippen molar-refractivity contribution in [1.29, 1.82) is 0 Å². The van der Waals surface area contributed by atoms with E-state index in [9.17, 15) is 9.59 Å². The zero-order valence-corrected chi connectivity index (χ0v) is 17.6. The second-order valence-corrected chi connectivity index (χ2v) is 7.41. The second-order valence-electron chi connectivity index (χ2n) is 7.41. The molecule has 0 saturated carbocycles. The molecule has 3 aromatic heterocycles. The Morgan fingerprint density at radius 1 is 1.19 bits per heavy atom. The minimum Gasteiger partial charge on any atom is -0.496 e. The molecule has 0 unspecified atom stereocenters. The largest absolute Gasteiger partial charge is 0.496 e. The van der Waals surface area contributed by atoms with Gasteiger partial charge in [0.2, 0.25) is 5.91 Å². The van der Waals surface area contributed by atoms with Gasteiger partial charge in [-0.2, -0.15) is 0 Å². The predicted octanol–water partition coefficient (Wildman–Crippen LogP) is 2.83. The van der Waals surface area contributed by atoms with Crippen molar-refractivity contribution in [2.45, 2.75) is 32.6 Å². The summed E-state index contributed by atoms with van der Waals surface area (Å²) in [6.07, 6.45) is 4.31. The van der Waals surface area contributed by atoms with Crippen LogP contribution < -0.4 is 15.7 Å². The molecular weight excluding hydrogens is 396 g/mol. The molecule has 0 atom stereocenters. The lowest BCUT2D eigenvalue weighted by Gasteiger charge is -2.11. The van der Waals surface area contributed by atoms with E-state index in [0.29, 0.717) is 30.7 Å². The summed E-state index contributed by atoms with van der Waals surface area (Å²) in [7, 11) is 1.56. The predicted molar refractivity (Wildman–Crippen MR) is 116 cm³/mol. The summed E-state index contributed by atoms with van der Waals surface area (Å²) in [6.45, 7) is 2.43. The molecule has 0 saturated heterocycles. The van der Waals surface area contributed by atoms with Crippen LogP contribution in [0.2, 0.25) is 0 Å². The van der Waals surface area contributed by atoms with E-state index in [-0.39, 0.29) is 5.91 Å². The highest BCUT2D eigenvalue weighted by atomic mass is 16.5. The van der Waals surface area contributed by atoms with Crippen LogP contribution in [0.5, 0.6) is 5.75 Å². The Labute approximate surface area is 178 Å². The molecule has 0 aliphatic carbocycles. The third-order valence-corrected chi connectivity index (χ3v) is 5.26. The van der Waals surface area contributed by atoms with Crippen LogP contribution in [0, 0.1) is 6.92 Å². The first-order chi connectivity index (χ1) is 15.0. The van der Waals surface area contributed by atoms with Crippen molar-refractivity contribution in [3.05, 3.63) is 70.0 Å². The van der Waals surface area contributed by atoms with Gasteiger partial charge in [0.15, 0.2) is 5.65 Å². The number of carbonyl (C=O) groups excluding carboxylic acids is 1. The van der Waals surface area contributed by atoms with Crippen molar-refractivity contribution in [2.75, 3.05) is 13.7 Å². The zero-order valence-electron chi connectivity index (χ0n) is 17.6. The smallest absolute Gasteiger partial charge is 0.336 e. The summed E-state index contributed by atoms with van der Waals surface area (Å²) >= 11 is 0. The molecule has 31 heavy (non-hydrogen) atoms. The average Bonchev–Trinajstić information content (AvgIpc) is 3.18. The van der Waals surface area contributed by atoms with E-state index in [1.54, 1.807) is 13.2 Å². The summed E-state index contributed by atoms with van der Waals surface area (Å²) in [5, 5.41) is 12.1. The summed E-state index contributed by atoms with van der Waals surface area (Å²) in [6, 6.07) is 10.9. The van der Waals surface area contributed by atoms with Crippen LogP contribution in [-0.4, -0.2) is 34.2 Å². The quantitative estimate of drug-likeness (QED) is 0.348. The molecule has 3 heterocycles. The molecule has 0 spiro atoms. The number of benzene rings is 1. The van der Waals surface area contributed by atoms with Gasteiger partial charge >= 0.3 is 5.63 Å². The Bertz CT molecular complexity index is 1290. The van der Waals surface area contributed by atoms with Crippen LogP contribution in [0.1, 0.15) is 29.8 Å². The van der Waals surface area contributed by atoms with E-state index in [4.69, 9.17) is 9.15 Å². The van der Waals surface area contributed by atoms with Gasteiger partial charge in [0.1, 0.15) is 17.2 Å². The highest BCUT2D eigenvalue weighted by Gasteiger charge is 2.12. The van der Waals surface area contributed by atoms with Gasteiger partial charge in [-0.15, -0.1) is 10.2 Å². The maximum Gasteiger partial charge on any atom is 0.336 e. The fraction of sp³-hybridized carbons (Fsp3) is 0.304. The fourth-order valence-corrected chi connectivity index (χ4v) is 3.65. The van der Waals surface area contributed by atoms with E-state index in [2.05, 4.69) is 15.5 Å². The topological polar surface area (TPSA) is 98.7 Å². The van der Waals surface area contributed by atoms with Crippen molar-refractivity contribution in [2.24, 2.45) is 0 Å². The number of methoxy groups -OCH3 is 1. The number of nitrogens with zero attached hydrogens (tertiary/aromatic N) is 3. The molecule has 8 nitrogen and oxygen atoms in total. The molecule has 1 amide bonds. The Kier molecular flexibility index (Phi) is 5.97. The first kappa shape index (κ1) is 20.6. The highest BCUT2D eigenvalue weighted by Crippen LogP contribution is 2.28. The van der Waals surface area contributed by atoms with Crippen LogP contribution >= 0.6 is 0 Å². The third-order valence-electron chi connectivity index (χ3n) is 5.26. The van der Waals surface area contributed by atoms with Gasteiger partial charge in [0.05, 0.1) is 7.11 Å². The number of hydrogen-bond acceptors (Lipinski definition) is 6. The average molecular weight is 420 g/mol. The molecule has 160 valence electrons. The van der Waals surface area contributed by atoms with E-state index in [1.807, 2.05) is 41.8 Å². The number of amides is 1. The molecule has 1 aromatic carbocycles. The summed E-state index contributed by atoms with van der Waals surface area (Å²) in [5.74, 6) is 1.46. The Balaban J connectivity index is 1.32. The summed E-state index contributed by atoms with van der Waals surface area (Å²) in [4.78, 5) is 23.9. The fourth-order valence-electron chi connectivity index (χ4n) is 3.65. The SMILES string of the molecule is COc1cc2oc(=O)cc(C)c2cc1CCC(=O)NCCCc1nnc2ccccn12. The normalized spacial score (nSPS) is 11.2. The van der Waals surface area contributed by atoms with Gasteiger partial charge in [-0.05, 0) is 49.1 Å². The van der Waals surface area contributed by atoms with Crippen molar-refractivity contribution < 1.29 is 13.9 Å². The minimum atomic E-state index is -0.390. The highest BCUT2D eigenvalue weighted by molar-refractivity contribution is 5.83. The van der Waals surface area contributed by atoms with Gasteiger partial charge in [0.25, 0.3) is 0 Å². The molecular formula is C23H24N4O4. The van der Waals surface area contributed by atoms with Crippen molar-refractivity contribution in [3.8, 4) is 5.75 Å². The Morgan fingerprint density at radius 2 is 2.06 bits per heavy atom.